The lowest BCUT2D eigenvalue weighted by molar-refractivity contribution is -0.143. The molecule has 0 aliphatic heterocycles. The zero-order chi connectivity index (χ0) is 26.4. The SMILES string of the molecule is Fc1ccc(-c2ccc3ccc(-c4ccc(-c5cc(C(F)(F)F)cc(C(F)(F)F)c5)cc4)cc3c2)cc1. The standard InChI is InChI=1S/C30H17F7/c31-28-11-9-19(10-12-28)23-8-6-20-5-7-22(13-24(20)14-23)18-1-3-21(4-2-18)25-15-26(29(32,33)34)17-27(16-25)30(35,36)37/h1-17H. The molecule has 0 nitrogen and oxygen atoms in total. The topological polar surface area (TPSA) is 0 Å². The highest BCUT2D eigenvalue weighted by Gasteiger charge is 2.37. The molecule has 0 bridgehead atoms. The summed E-state index contributed by atoms with van der Waals surface area (Å²) in [6.07, 6.45) is -9.82. The highest BCUT2D eigenvalue weighted by molar-refractivity contribution is 5.91. The fourth-order valence-corrected chi connectivity index (χ4v) is 4.22. The van der Waals surface area contributed by atoms with Crippen molar-refractivity contribution in [3.05, 3.63) is 120 Å². The molecule has 0 fully saturated rings. The summed E-state index contributed by atoms with van der Waals surface area (Å²) in [6.45, 7) is 0. The Hall–Kier alpha value is -4.13. The molecule has 5 aromatic rings. The first kappa shape index (κ1) is 24.6. The number of fused-ring (bicyclic) bond motifs is 1. The maximum Gasteiger partial charge on any atom is 0.416 e. The van der Waals surface area contributed by atoms with Gasteiger partial charge in [-0.15, -0.1) is 0 Å². The van der Waals surface area contributed by atoms with Gasteiger partial charge in [0.2, 0.25) is 0 Å². The van der Waals surface area contributed by atoms with Crippen molar-refractivity contribution in [1.82, 2.24) is 0 Å². The molecular weight excluding hydrogens is 493 g/mol. The summed E-state index contributed by atoms with van der Waals surface area (Å²) in [6, 6.07) is 25.7. The molecule has 5 aromatic carbocycles. The molecule has 0 aromatic heterocycles. The smallest absolute Gasteiger partial charge is 0.207 e. The summed E-state index contributed by atoms with van der Waals surface area (Å²) >= 11 is 0. The molecule has 0 unspecified atom stereocenters. The Morgan fingerprint density at radius 3 is 1.16 bits per heavy atom. The van der Waals surface area contributed by atoms with Crippen LogP contribution in [0.2, 0.25) is 0 Å². The van der Waals surface area contributed by atoms with Crippen LogP contribution in [0.25, 0.3) is 44.2 Å². The van der Waals surface area contributed by atoms with Crippen LogP contribution in [0.15, 0.2) is 103 Å². The quantitative estimate of drug-likeness (QED) is 0.212. The van der Waals surface area contributed by atoms with E-state index in [0.29, 0.717) is 0 Å². The molecule has 0 heterocycles. The van der Waals surface area contributed by atoms with Gasteiger partial charge >= 0.3 is 12.4 Å². The van der Waals surface area contributed by atoms with Crippen molar-refractivity contribution >= 4 is 10.8 Å². The van der Waals surface area contributed by atoms with E-state index in [2.05, 4.69) is 0 Å². The fraction of sp³-hybridized carbons (Fsp3) is 0.0667. The summed E-state index contributed by atoms with van der Waals surface area (Å²) in [5.41, 5.74) is 0.704. The molecule has 5 rings (SSSR count). The molecule has 0 atom stereocenters. The van der Waals surface area contributed by atoms with E-state index < -0.39 is 23.5 Å². The van der Waals surface area contributed by atoms with Crippen LogP contribution in [-0.2, 0) is 12.4 Å². The van der Waals surface area contributed by atoms with Crippen molar-refractivity contribution in [2.45, 2.75) is 12.4 Å². The Morgan fingerprint density at radius 1 is 0.351 bits per heavy atom. The molecule has 7 heteroatoms. The van der Waals surface area contributed by atoms with E-state index in [0.717, 1.165) is 45.2 Å². The lowest BCUT2D eigenvalue weighted by atomic mass is 9.95. The van der Waals surface area contributed by atoms with Gasteiger partial charge in [-0.3, -0.25) is 0 Å². The van der Waals surface area contributed by atoms with Crippen molar-refractivity contribution in [3.8, 4) is 33.4 Å². The van der Waals surface area contributed by atoms with E-state index in [1.165, 1.54) is 24.3 Å². The second-order valence-electron chi connectivity index (χ2n) is 8.66. The zero-order valence-corrected chi connectivity index (χ0v) is 19.0. The Morgan fingerprint density at radius 2 is 0.730 bits per heavy atom. The molecule has 0 amide bonds. The van der Waals surface area contributed by atoms with Gasteiger partial charge in [-0.05, 0) is 86.6 Å². The van der Waals surface area contributed by atoms with E-state index in [4.69, 9.17) is 0 Å². The zero-order valence-electron chi connectivity index (χ0n) is 19.0. The van der Waals surface area contributed by atoms with Crippen LogP contribution < -0.4 is 0 Å². The highest BCUT2D eigenvalue weighted by Crippen LogP contribution is 2.39. The Balaban J connectivity index is 1.50. The van der Waals surface area contributed by atoms with Crippen LogP contribution in [0.5, 0.6) is 0 Å². The van der Waals surface area contributed by atoms with E-state index in [1.807, 2.05) is 36.4 Å². The lowest BCUT2D eigenvalue weighted by Gasteiger charge is -2.14. The third kappa shape index (κ3) is 5.21. The van der Waals surface area contributed by atoms with Crippen molar-refractivity contribution < 1.29 is 30.7 Å². The maximum atomic E-state index is 13.3. The second-order valence-corrected chi connectivity index (χ2v) is 8.66. The number of benzene rings is 5. The van der Waals surface area contributed by atoms with Crippen LogP contribution in [0, 0.1) is 5.82 Å². The van der Waals surface area contributed by atoms with Crippen LogP contribution >= 0.6 is 0 Å². The molecule has 0 saturated heterocycles. The first-order chi connectivity index (χ1) is 17.5. The number of hydrogen-bond acceptors (Lipinski definition) is 0. The summed E-state index contributed by atoms with van der Waals surface area (Å²) in [4.78, 5) is 0. The van der Waals surface area contributed by atoms with Gasteiger partial charge in [0.05, 0.1) is 11.1 Å². The summed E-state index contributed by atoms with van der Waals surface area (Å²) in [5.74, 6) is -0.324. The maximum absolute atomic E-state index is 13.3. The van der Waals surface area contributed by atoms with E-state index in [1.54, 1.807) is 24.3 Å². The van der Waals surface area contributed by atoms with Crippen LogP contribution in [-0.4, -0.2) is 0 Å². The van der Waals surface area contributed by atoms with Crippen LogP contribution in [0.4, 0.5) is 30.7 Å². The first-order valence-electron chi connectivity index (χ1n) is 11.2. The molecule has 186 valence electrons. The van der Waals surface area contributed by atoms with Gasteiger partial charge in [0.25, 0.3) is 0 Å². The number of rotatable bonds is 3. The number of alkyl halides is 6. The van der Waals surface area contributed by atoms with E-state index in [-0.39, 0.29) is 23.0 Å². The average molecular weight is 510 g/mol. The Labute approximate surface area is 207 Å². The monoisotopic (exact) mass is 510 g/mol. The van der Waals surface area contributed by atoms with Gasteiger partial charge < -0.3 is 0 Å². The number of hydrogen-bond donors (Lipinski definition) is 0. The normalized spacial score (nSPS) is 12.2. The number of halogens is 7. The molecule has 0 spiro atoms. The van der Waals surface area contributed by atoms with Crippen molar-refractivity contribution in [2.24, 2.45) is 0 Å². The van der Waals surface area contributed by atoms with Gasteiger partial charge in [0.15, 0.2) is 0 Å². The fourth-order valence-electron chi connectivity index (χ4n) is 4.22. The third-order valence-corrected chi connectivity index (χ3v) is 6.16. The molecule has 0 radical (unpaired) electrons. The molecule has 0 aliphatic carbocycles. The predicted octanol–water partition coefficient (Wildman–Crippen LogP) is 10.0. The summed E-state index contributed by atoms with van der Waals surface area (Å²) in [7, 11) is 0. The molecule has 0 aliphatic rings. The van der Waals surface area contributed by atoms with Gasteiger partial charge in [-0.25, -0.2) is 4.39 Å². The van der Waals surface area contributed by atoms with Gasteiger partial charge in [-0.1, -0.05) is 60.7 Å². The van der Waals surface area contributed by atoms with Crippen molar-refractivity contribution in [1.29, 1.82) is 0 Å². The Bertz CT molecular complexity index is 1540. The summed E-state index contributed by atoms with van der Waals surface area (Å²) in [5, 5.41) is 1.91. The van der Waals surface area contributed by atoms with Crippen molar-refractivity contribution in [2.75, 3.05) is 0 Å². The van der Waals surface area contributed by atoms with E-state index in [9.17, 15) is 30.7 Å². The first-order valence-corrected chi connectivity index (χ1v) is 11.2. The third-order valence-electron chi connectivity index (χ3n) is 6.16. The molecular formula is C30H17F7. The van der Waals surface area contributed by atoms with Crippen LogP contribution in [0.1, 0.15) is 11.1 Å². The largest absolute Gasteiger partial charge is 0.416 e. The highest BCUT2D eigenvalue weighted by atomic mass is 19.4. The lowest BCUT2D eigenvalue weighted by Crippen LogP contribution is -2.11. The van der Waals surface area contributed by atoms with Crippen LogP contribution in [0.3, 0.4) is 0 Å². The molecule has 0 saturated carbocycles. The minimum atomic E-state index is -4.91. The van der Waals surface area contributed by atoms with Gasteiger partial charge in [-0.2, -0.15) is 26.3 Å². The van der Waals surface area contributed by atoms with Gasteiger partial charge in [0.1, 0.15) is 5.82 Å². The second kappa shape index (κ2) is 9.07. The molecule has 0 N–H and O–H groups in total. The average Bonchev–Trinajstić information content (AvgIpc) is 2.87. The van der Waals surface area contributed by atoms with Crippen molar-refractivity contribution in [3.63, 3.8) is 0 Å². The minimum absolute atomic E-state index is 0.118. The minimum Gasteiger partial charge on any atom is -0.207 e. The van der Waals surface area contributed by atoms with E-state index >= 15 is 0 Å². The Kier molecular flexibility index (Phi) is 6.02. The predicted molar refractivity (Wildman–Crippen MR) is 130 cm³/mol. The van der Waals surface area contributed by atoms with Gasteiger partial charge in [0, 0.05) is 0 Å². The summed E-state index contributed by atoms with van der Waals surface area (Å²) < 4.78 is 92.7. The molecule has 37 heavy (non-hydrogen) atoms.